The molecule has 0 radical (unpaired) electrons. The van der Waals surface area contributed by atoms with Crippen molar-refractivity contribution in [2.24, 2.45) is 0 Å². The first-order valence-electron chi connectivity index (χ1n) is 3.55. The van der Waals surface area contributed by atoms with Crippen molar-refractivity contribution in [3.8, 4) is 0 Å². The Morgan fingerprint density at radius 1 is 1.36 bits per heavy atom. The molecule has 0 aliphatic heterocycles. The number of aromatic nitrogens is 3. The molecular formula is C8H9N3. The van der Waals surface area contributed by atoms with E-state index in [-0.39, 0.29) is 0 Å². The Morgan fingerprint density at radius 3 is 3.00 bits per heavy atom. The van der Waals surface area contributed by atoms with Crippen LogP contribution in [0.25, 0.3) is 11.0 Å². The number of nitrogens with zero attached hydrogens (tertiary/aromatic N) is 2. The summed E-state index contributed by atoms with van der Waals surface area (Å²) in [5, 5.41) is 8.02. The molecule has 2 aromatic rings. The van der Waals surface area contributed by atoms with Gasteiger partial charge in [0.2, 0.25) is 0 Å². The van der Waals surface area contributed by atoms with E-state index in [9.17, 15) is 0 Å². The third kappa shape index (κ3) is 0.888. The highest BCUT2D eigenvalue weighted by Gasteiger charge is 2.00. The molecule has 56 valence electrons. The zero-order chi connectivity index (χ0) is 7.84. The summed E-state index contributed by atoms with van der Waals surface area (Å²) >= 11 is 0. The van der Waals surface area contributed by atoms with Crippen LogP contribution in [0.15, 0.2) is 12.3 Å². The number of rotatable bonds is 0. The second-order valence-electron chi connectivity index (χ2n) is 2.72. The van der Waals surface area contributed by atoms with Gasteiger partial charge in [0.25, 0.3) is 0 Å². The van der Waals surface area contributed by atoms with E-state index in [1.165, 1.54) is 5.56 Å². The number of hydrogen-bond donors (Lipinski definition) is 1. The fourth-order valence-corrected chi connectivity index (χ4v) is 1.13. The van der Waals surface area contributed by atoms with Gasteiger partial charge in [-0.1, -0.05) is 0 Å². The largest absolute Gasteiger partial charge is 0.261 e. The molecule has 0 spiro atoms. The van der Waals surface area contributed by atoms with Crippen molar-refractivity contribution in [2.75, 3.05) is 0 Å². The van der Waals surface area contributed by atoms with Crippen molar-refractivity contribution in [1.29, 1.82) is 0 Å². The smallest absolute Gasteiger partial charge is 0.155 e. The molecule has 0 fully saturated rings. The second-order valence-corrected chi connectivity index (χ2v) is 2.72. The predicted octanol–water partition coefficient (Wildman–Crippen LogP) is 1.57. The normalized spacial score (nSPS) is 10.7. The van der Waals surface area contributed by atoms with E-state index in [0.717, 1.165) is 16.7 Å². The molecule has 2 heterocycles. The Bertz CT molecular complexity index is 389. The first-order valence-corrected chi connectivity index (χ1v) is 3.55. The topological polar surface area (TPSA) is 41.6 Å². The van der Waals surface area contributed by atoms with Gasteiger partial charge in [0, 0.05) is 11.6 Å². The van der Waals surface area contributed by atoms with Crippen LogP contribution in [0.1, 0.15) is 11.3 Å². The van der Waals surface area contributed by atoms with Crippen LogP contribution in [0.3, 0.4) is 0 Å². The number of nitrogens with one attached hydrogen (secondary N) is 1. The van der Waals surface area contributed by atoms with E-state index in [4.69, 9.17) is 0 Å². The van der Waals surface area contributed by atoms with E-state index in [1.54, 1.807) is 0 Å². The minimum Gasteiger partial charge on any atom is -0.261 e. The molecule has 1 N–H and O–H groups in total. The predicted molar refractivity (Wildman–Crippen MR) is 43.4 cm³/mol. The van der Waals surface area contributed by atoms with Crippen LogP contribution in [0.2, 0.25) is 0 Å². The van der Waals surface area contributed by atoms with Crippen molar-refractivity contribution < 1.29 is 0 Å². The lowest BCUT2D eigenvalue weighted by atomic mass is 10.2. The van der Waals surface area contributed by atoms with Gasteiger partial charge in [0.15, 0.2) is 5.65 Å². The summed E-state index contributed by atoms with van der Waals surface area (Å²) in [4.78, 5) is 4.18. The van der Waals surface area contributed by atoms with Crippen LogP contribution in [-0.4, -0.2) is 15.2 Å². The van der Waals surface area contributed by atoms with Gasteiger partial charge in [0.05, 0.1) is 5.69 Å². The van der Waals surface area contributed by atoms with E-state index in [0.29, 0.717) is 0 Å². The molecule has 0 unspecified atom stereocenters. The summed E-state index contributed by atoms with van der Waals surface area (Å²) in [6.45, 7) is 4.00. The zero-order valence-corrected chi connectivity index (χ0v) is 6.55. The van der Waals surface area contributed by atoms with Gasteiger partial charge in [-0.05, 0) is 25.5 Å². The standard InChI is InChI=1S/C8H9N3/c1-5-3-7-6(2)10-11-8(7)9-4-5/h3-4H,1-2H3,(H,9,10,11). The first-order chi connectivity index (χ1) is 5.27. The van der Waals surface area contributed by atoms with Gasteiger partial charge in [-0.25, -0.2) is 4.98 Å². The van der Waals surface area contributed by atoms with Crippen molar-refractivity contribution in [1.82, 2.24) is 15.2 Å². The van der Waals surface area contributed by atoms with Crippen LogP contribution < -0.4 is 0 Å². The fraction of sp³-hybridized carbons (Fsp3) is 0.250. The Kier molecular flexibility index (Phi) is 1.18. The van der Waals surface area contributed by atoms with Crippen LogP contribution in [0, 0.1) is 13.8 Å². The van der Waals surface area contributed by atoms with Crippen LogP contribution in [-0.2, 0) is 0 Å². The van der Waals surface area contributed by atoms with E-state index in [2.05, 4.69) is 21.2 Å². The van der Waals surface area contributed by atoms with Gasteiger partial charge >= 0.3 is 0 Å². The number of pyridine rings is 1. The molecule has 11 heavy (non-hydrogen) atoms. The molecule has 0 aliphatic carbocycles. The first kappa shape index (κ1) is 6.34. The average Bonchev–Trinajstić information content (AvgIpc) is 2.33. The maximum Gasteiger partial charge on any atom is 0.155 e. The van der Waals surface area contributed by atoms with E-state index >= 15 is 0 Å². The SMILES string of the molecule is Cc1cnc2[nH]nc(C)c2c1. The summed E-state index contributed by atoms with van der Waals surface area (Å²) in [5.41, 5.74) is 3.05. The van der Waals surface area contributed by atoms with Crippen LogP contribution >= 0.6 is 0 Å². The van der Waals surface area contributed by atoms with Crippen molar-refractivity contribution >= 4 is 11.0 Å². The maximum absolute atomic E-state index is 4.18. The van der Waals surface area contributed by atoms with Gasteiger partial charge in [-0.15, -0.1) is 0 Å². The summed E-state index contributed by atoms with van der Waals surface area (Å²) in [5.74, 6) is 0. The Labute approximate surface area is 64.5 Å². The Balaban J connectivity index is 2.87. The molecule has 0 aliphatic rings. The minimum atomic E-state index is 0.869. The summed E-state index contributed by atoms with van der Waals surface area (Å²) in [6.07, 6.45) is 1.83. The van der Waals surface area contributed by atoms with Gasteiger partial charge < -0.3 is 0 Å². The molecule has 0 amide bonds. The van der Waals surface area contributed by atoms with Gasteiger partial charge in [0.1, 0.15) is 0 Å². The molecular weight excluding hydrogens is 138 g/mol. The van der Waals surface area contributed by atoms with Crippen molar-refractivity contribution in [3.05, 3.63) is 23.5 Å². The highest BCUT2D eigenvalue weighted by Crippen LogP contribution is 2.13. The lowest BCUT2D eigenvalue weighted by Gasteiger charge is -1.90. The summed E-state index contributed by atoms with van der Waals surface area (Å²) in [6, 6.07) is 2.08. The van der Waals surface area contributed by atoms with Crippen molar-refractivity contribution in [3.63, 3.8) is 0 Å². The second kappa shape index (κ2) is 2.05. The van der Waals surface area contributed by atoms with Crippen LogP contribution in [0.5, 0.6) is 0 Å². The molecule has 3 nitrogen and oxygen atoms in total. The molecule has 0 saturated heterocycles. The van der Waals surface area contributed by atoms with Crippen molar-refractivity contribution in [2.45, 2.75) is 13.8 Å². The molecule has 0 saturated carbocycles. The summed E-state index contributed by atoms with van der Waals surface area (Å²) in [7, 11) is 0. The van der Waals surface area contributed by atoms with Gasteiger partial charge in [-0.3, -0.25) is 5.10 Å². The number of fused-ring (bicyclic) bond motifs is 1. The minimum absolute atomic E-state index is 0.869. The lowest BCUT2D eigenvalue weighted by molar-refractivity contribution is 1.05. The number of H-pyrrole nitrogens is 1. The third-order valence-corrected chi connectivity index (χ3v) is 1.74. The third-order valence-electron chi connectivity index (χ3n) is 1.74. The molecule has 0 atom stereocenters. The highest BCUT2D eigenvalue weighted by molar-refractivity contribution is 5.77. The monoisotopic (exact) mass is 147 g/mol. The number of hydrogen-bond acceptors (Lipinski definition) is 2. The Hall–Kier alpha value is -1.38. The average molecular weight is 147 g/mol. The molecule has 0 bridgehead atoms. The fourth-order valence-electron chi connectivity index (χ4n) is 1.13. The summed E-state index contributed by atoms with van der Waals surface area (Å²) < 4.78 is 0. The number of aryl methyl sites for hydroxylation is 2. The number of aromatic amines is 1. The lowest BCUT2D eigenvalue weighted by Crippen LogP contribution is -1.78. The van der Waals surface area contributed by atoms with E-state index < -0.39 is 0 Å². The molecule has 2 rings (SSSR count). The molecule has 3 heteroatoms. The molecule has 2 aromatic heterocycles. The zero-order valence-electron chi connectivity index (χ0n) is 6.55. The van der Waals surface area contributed by atoms with E-state index in [1.807, 2.05) is 20.0 Å². The van der Waals surface area contributed by atoms with Crippen LogP contribution in [0.4, 0.5) is 0 Å². The highest BCUT2D eigenvalue weighted by atomic mass is 15.1. The quantitative estimate of drug-likeness (QED) is 0.614. The molecule has 0 aromatic carbocycles. The Morgan fingerprint density at radius 2 is 2.18 bits per heavy atom. The van der Waals surface area contributed by atoms with Gasteiger partial charge in [-0.2, -0.15) is 5.10 Å². The maximum atomic E-state index is 4.18.